The third-order valence-corrected chi connectivity index (χ3v) is 4.08. The zero-order chi connectivity index (χ0) is 15.0. The molecule has 0 fully saturated rings. The average molecular weight is 278 g/mol. The molecule has 1 aliphatic rings. The summed E-state index contributed by atoms with van der Waals surface area (Å²) in [5.74, 6) is 0. The van der Waals surface area contributed by atoms with Gasteiger partial charge in [0.25, 0.3) is 0 Å². The highest BCUT2D eigenvalue weighted by Gasteiger charge is 2.48. The number of aliphatic imine (C=N–C) groups is 1. The summed E-state index contributed by atoms with van der Waals surface area (Å²) in [6.07, 6.45) is 0. The van der Waals surface area contributed by atoms with Crippen LogP contribution in [0.2, 0.25) is 0 Å². The van der Waals surface area contributed by atoms with Gasteiger partial charge in [-0.2, -0.15) is 4.74 Å². The van der Waals surface area contributed by atoms with Crippen molar-refractivity contribution in [2.75, 3.05) is 0 Å². The molecule has 3 nitrogen and oxygen atoms in total. The van der Waals surface area contributed by atoms with Crippen LogP contribution in [0.15, 0.2) is 59.6 Å². The van der Waals surface area contributed by atoms with Gasteiger partial charge in [-0.25, -0.2) is 4.99 Å². The third kappa shape index (κ3) is 1.97. The second-order valence-corrected chi connectivity index (χ2v) is 5.48. The fraction of sp³-hybridized carbons (Fsp3) is 0.222. The van der Waals surface area contributed by atoms with Crippen molar-refractivity contribution in [3.63, 3.8) is 0 Å². The SMILES string of the molecule is CC1=NC(c2ccccc2)(c2ccc(C)cc2)[N+]([O-])=C1C. The topological polar surface area (TPSA) is 38.4 Å². The smallest absolute Gasteiger partial charge is 0.319 e. The Morgan fingerprint density at radius 3 is 1.95 bits per heavy atom. The zero-order valence-corrected chi connectivity index (χ0v) is 12.5. The van der Waals surface area contributed by atoms with Gasteiger partial charge in [0.05, 0.1) is 11.1 Å². The second-order valence-electron chi connectivity index (χ2n) is 5.48. The van der Waals surface area contributed by atoms with Gasteiger partial charge in [-0.1, -0.05) is 35.9 Å². The lowest BCUT2D eigenvalue weighted by Gasteiger charge is -2.26. The van der Waals surface area contributed by atoms with Crippen LogP contribution < -0.4 is 0 Å². The van der Waals surface area contributed by atoms with Gasteiger partial charge in [-0.05, 0) is 38.1 Å². The molecule has 0 bridgehead atoms. The van der Waals surface area contributed by atoms with E-state index < -0.39 is 5.66 Å². The lowest BCUT2D eigenvalue weighted by molar-refractivity contribution is -0.538. The Kier molecular flexibility index (Phi) is 3.13. The Labute approximate surface area is 124 Å². The van der Waals surface area contributed by atoms with Crippen molar-refractivity contribution in [1.29, 1.82) is 0 Å². The monoisotopic (exact) mass is 278 g/mol. The van der Waals surface area contributed by atoms with Crippen molar-refractivity contribution < 1.29 is 4.74 Å². The second kappa shape index (κ2) is 4.85. The third-order valence-electron chi connectivity index (χ3n) is 4.08. The maximum Gasteiger partial charge on any atom is 0.319 e. The minimum atomic E-state index is -0.997. The highest BCUT2D eigenvalue weighted by Crippen LogP contribution is 2.38. The predicted octanol–water partition coefficient (Wildman–Crippen LogP) is 3.64. The first-order valence-electron chi connectivity index (χ1n) is 7.06. The maximum atomic E-state index is 12.9. The zero-order valence-electron chi connectivity index (χ0n) is 12.5. The fourth-order valence-corrected chi connectivity index (χ4v) is 2.75. The van der Waals surface area contributed by atoms with E-state index in [-0.39, 0.29) is 0 Å². The van der Waals surface area contributed by atoms with Crippen molar-refractivity contribution in [2.45, 2.75) is 26.4 Å². The molecule has 0 N–H and O–H groups in total. The number of hydrogen-bond donors (Lipinski definition) is 0. The summed E-state index contributed by atoms with van der Waals surface area (Å²) in [6, 6.07) is 17.8. The number of hydrogen-bond acceptors (Lipinski definition) is 2. The van der Waals surface area contributed by atoms with Crippen molar-refractivity contribution in [2.24, 2.45) is 4.99 Å². The van der Waals surface area contributed by atoms with Crippen molar-refractivity contribution in [3.8, 4) is 0 Å². The standard InChI is InChI=1S/C18H18N2O/c1-13-9-11-17(12-10-13)18(16-7-5-4-6-8-16)19-14(2)15(3)20(18)21/h4-12H,1-3H3. The first-order valence-corrected chi connectivity index (χ1v) is 7.06. The van der Waals surface area contributed by atoms with E-state index >= 15 is 0 Å². The Morgan fingerprint density at radius 2 is 1.43 bits per heavy atom. The van der Waals surface area contributed by atoms with E-state index in [1.54, 1.807) is 0 Å². The largest absolute Gasteiger partial charge is 0.621 e. The molecule has 3 heteroatoms. The molecule has 0 saturated carbocycles. The maximum absolute atomic E-state index is 12.9. The molecule has 1 aliphatic heterocycles. The van der Waals surface area contributed by atoms with E-state index in [9.17, 15) is 5.21 Å². The van der Waals surface area contributed by atoms with E-state index in [0.29, 0.717) is 5.71 Å². The van der Waals surface area contributed by atoms with Crippen LogP contribution >= 0.6 is 0 Å². The summed E-state index contributed by atoms with van der Waals surface area (Å²) in [5.41, 5.74) is 3.40. The Balaban J connectivity index is 2.30. The van der Waals surface area contributed by atoms with Crippen molar-refractivity contribution in [3.05, 3.63) is 76.5 Å². The molecule has 0 amide bonds. The van der Waals surface area contributed by atoms with Gasteiger partial charge >= 0.3 is 5.66 Å². The van der Waals surface area contributed by atoms with Crippen LogP contribution in [0.1, 0.15) is 30.5 Å². The van der Waals surface area contributed by atoms with Gasteiger partial charge in [0, 0.05) is 6.92 Å². The van der Waals surface area contributed by atoms with Crippen LogP contribution in [0.3, 0.4) is 0 Å². The lowest BCUT2D eigenvalue weighted by atomic mass is 9.91. The lowest BCUT2D eigenvalue weighted by Crippen LogP contribution is -2.34. The van der Waals surface area contributed by atoms with Crippen LogP contribution in [-0.2, 0) is 5.66 Å². The highest BCUT2D eigenvalue weighted by atomic mass is 16.5. The molecule has 1 unspecified atom stereocenters. The molecule has 0 spiro atoms. The van der Waals surface area contributed by atoms with E-state index in [0.717, 1.165) is 21.6 Å². The normalized spacial score (nSPS) is 21.6. The van der Waals surface area contributed by atoms with Crippen LogP contribution in [0.5, 0.6) is 0 Å². The first kappa shape index (κ1) is 13.6. The van der Waals surface area contributed by atoms with Gasteiger partial charge in [0.1, 0.15) is 5.71 Å². The molecule has 0 radical (unpaired) electrons. The Morgan fingerprint density at radius 1 is 0.857 bits per heavy atom. The minimum Gasteiger partial charge on any atom is -0.621 e. The molecular weight excluding hydrogens is 260 g/mol. The van der Waals surface area contributed by atoms with Crippen molar-refractivity contribution in [1.82, 2.24) is 0 Å². The summed E-state index contributed by atoms with van der Waals surface area (Å²) < 4.78 is 1.03. The molecular formula is C18H18N2O. The number of hydroxylamine groups is 1. The highest BCUT2D eigenvalue weighted by molar-refractivity contribution is 6.39. The molecule has 106 valence electrons. The van der Waals surface area contributed by atoms with Gasteiger partial charge in [0.2, 0.25) is 5.71 Å². The summed E-state index contributed by atoms with van der Waals surface area (Å²) in [7, 11) is 0. The van der Waals surface area contributed by atoms with E-state index in [1.807, 2.05) is 75.4 Å². The quantitative estimate of drug-likeness (QED) is 0.610. The summed E-state index contributed by atoms with van der Waals surface area (Å²) >= 11 is 0. The van der Waals surface area contributed by atoms with E-state index in [4.69, 9.17) is 4.99 Å². The number of nitrogens with zero attached hydrogens (tertiary/aromatic N) is 2. The number of aryl methyl sites for hydroxylation is 1. The molecule has 3 rings (SSSR count). The molecule has 21 heavy (non-hydrogen) atoms. The van der Waals surface area contributed by atoms with Crippen molar-refractivity contribution >= 4 is 11.4 Å². The van der Waals surface area contributed by atoms with Crippen LogP contribution in [0, 0.1) is 12.1 Å². The van der Waals surface area contributed by atoms with Gasteiger partial charge in [-0.15, -0.1) is 0 Å². The summed E-state index contributed by atoms with van der Waals surface area (Å²) in [4.78, 5) is 4.75. The fourth-order valence-electron chi connectivity index (χ4n) is 2.75. The minimum absolute atomic E-state index is 0.666. The molecule has 0 saturated heterocycles. The molecule has 0 aliphatic carbocycles. The molecule has 1 heterocycles. The van der Waals surface area contributed by atoms with Crippen LogP contribution in [0.4, 0.5) is 0 Å². The van der Waals surface area contributed by atoms with E-state index in [1.165, 1.54) is 5.56 Å². The molecule has 0 aromatic heterocycles. The summed E-state index contributed by atoms with van der Waals surface area (Å²) in [6.45, 7) is 5.75. The Bertz CT molecular complexity index is 730. The van der Waals surface area contributed by atoms with Gasteiger partial charge < -0.3 is 5.21 Å². The average Bonchev–Trinajstić information content (AvgIpc) is 2.74. The number of rotatable bonds is 2. The first-order chi connectivity index (χ1) is 10.1. The molecule has 1 atom stereocenters. The number of benzene rings is 2. The van der Waals surface area contributed by atoms with E-state index in [2.05, 4.69) is 0 Å². The van der Waals surface area contributed by atoms with Crippen LogP contribution in [-0.4, -0.2) is 16.2 Å². The Hall–Kier alpha value is -2.42. The van der Waals surface area contributed by atoms with Crippen LogP contribution in [0.25, 0.3) is 0 Å². The van der Waals surface area contributed by atoms with Gasteiger partial charge in [0.15, 0.2) is 0 Å². The molecule has 2 aromatic carbocycles. The molecule has 2 aromatic rings. The van der Waals surface area contributed by atoms with Gasteiger partial charge in [-0.3, -0.25) is 0 Å². The summed E-state index contributed by atoms with van der Waals surface area (Å²) in [5, 5.41) is 12.9. The predicted molar refractivity (Wildman–Crippen MR) is 85.8 cm³/mol.